The van der Waals surface area contributed by atoms with E-state index in [1.54, 1.807) is 4.90 Å². The van der Waals surface area contributed by atoms with Gasteiger partial charge >= 0.3 is 6.03 Å². The van der Waals surface area contributed by atoms with Crippen molar-refractivity contribution in [1.29, 1.82) is 0 Å². The van der Waals surface area contributed by atoms with Crippen LogP contribution < -0.4 is 5.32 Å². The summed E-state index contributed by atoms with van der Waals surface area (Å²) < 4.78 is 6.39. The number of carbonyl (C=O) groups excluding carboxylic acids is 1. The van der Waals surface area contributed by atoms with Crippen LogP contribution in [0.5, 0.6) is 0 Å². The molecule has 0 spiro atoms. The molecule has 1 heterocycles. The van der Waals surface area contributed by atoms with Gasteiger partial charge in [0.25, 0.3) is 0 Å². The summed E-state index contributed by atoms with van der Waals surface area (Å²) in [5.74, 6) is 0. The lowest BCUT2D eigenvalue weighted by atomic mass is 10.3. The van der Waals surface area contributed by atoms with E-state index in [9.17, 15) is 4.79 Å². The number of anilines is 1. The Morgan fingerprint density at radius 3 is 2.82 bits per heavy atom. The number of rotatable bonds is 1. The Morgan fingerprint density at radius 1 is 1.47 bits per heavy atom. The highest BCUT2D eigenvalue weighted by atomic mass is 79.9. The maximum atomic E-state index is 11.9. The van der Waals surface area contributed by atoms with E-state index in [4.69, 9.17) is 4.74 Å². The number of benzene rings is 1. The van der Waals surface area contributed by atoms with Crippen molar-refractivity contribution in [3.8, 4) is 0 Å². The molecule has 1 atom stereocenters. The van der Waals surface area contributed by atoms with Gasteiger partial charge in [0, 0.05) is 23.2 Å². The minimum atomic E-state index is -0.0672. The van der Waals surface area contributed by atoms with Crippen molar-refractivity contribution >= 4 is 27.6 Å². The molecule has 1 aromatic carbocycles. The molecule has 17 heavy (non-hydrogen) atoms. The number of hydrogen-bond acceptors (Lipinski definition) is 2. The molecule has 0 aromatic heterocycles. The fraction of sp³-hybridized carbons (Fsp3) is 0.417. The summed E-state index contributed by atoms with van der Waals surface area (Å²) in [5, 5.41) is 2.87. The minimum absolute atomic E-state index is 0.0672. The lowest BCUT2D eigenvalue weighted by Gasteiger charge is -2.31. The zero-order valence-corrected chi connectivity index (χ0v) is 11.2. The molecule has 1 fully saturated rings. The Bertz CT molecular complexity index is 394. The molecule has 92 valence electrons. The van der Waals surface area contributed by atoms with E-state index in [0.717, 1.165) is 10.2 Å². The number of hydrogen-bond donors (Lipinski definition) is 1. The first-order valence-electron chi connectivity index (χ1n) is 5.58. The first-order chi connectivity index (χ1) is 8.15. The summed E-state index contributed by atoms with van der Waals surface area (Å²) in [5.41, 5.74) is 0.803. The van der Waals surface area contributed by atoms with E-state index in [-0.39, 0.29) is 12.1 Å². The topological polar surface area (TPSA) is 41.6 Å². The second-order valence-corrected chi connectivity index (χ2v) is 4.98. The maximum Gasteiger partial charge on any atom is 0.322 e. The predicted molar refractivity (Wildman–Crippen MR) is 70.1 cm³/mol. The number of amides is 2. The average Bonchev–Trinajstić information content (AvgIpc) is 2.32. The molecule has 2 rings (SSSR count). The lowest BCUT2D eigenvalue weighted by Crippen LogP contribution is -2.46. The van der Waals surface area contributed by atoms with Crippen molar-refractivity contribution in [3.63, 3.8) is 0 Å². The highest BCUT2D eigenvalue weighted by Gasteiger charge is 2.21. The van der Waals surface area contributed by atoms with Crippen LogP contribution in [0.3, 0.4) is 0 Å². The molecule has 0 bridgehead atoms. The monoisotopic (exact) mass is 298 g/mol. The number of halogens is 1. The predicted octanol–water partition coefficient (Wildman–Crippen LogP) is 2.70. The van der Waals surface area contributed by atoms with E-state index in [0.29, 0.717) is 19.7 Å². The van der Waals surface area contributed by atoms with Crippen LogP contribution >= 0.6 is 15.9 Å². The van der Waals surface area contributed by atoms with Crippen molar-refractivity contribution < 1.29 is 9.53 Å². The average molecular weight is 299 g/mol. The zero-order valence-electron chi connectivity index (χ0n) is 9.65. The molecule has 0 aliphatic carbocycles. The third kappa shape index (κ3) is 3.44. The standard InChI is InChI=1S/C12H15BrN2O2/c1-9-8-15(6-7-17-9)12(16)14-11-4-2-10(13)3-5-11/h2-5,9H,6-8H2,1H3,(H,14,16). The summed E-state index contributed by atoms with van der Waals surface area (Å²) in [7, 11) is 0. The fourth-order valence-corrected chi connectivity index (χ4v) is 2.00. The van der Waals surface area contributed by atoms with Crippen LogP contribution in [-0.4, -0.2) is 36.7 Å². The van der Waals surface area contributed by atoms with Gasteiger partial charge in [0.1, 0.15) is 0 Å². The Hall–Kier alpha value is -1.07. The highest BCUT2D eigenvalue weighted by Crippen LogP contribution is 2.15. The lowest BCUT2D eigenvalue weighted by molar-refractivity contribution is -0.00138. The molecule has 0 saturated carbocycles. The number of ether oxygens (including phenoxy) is 1. The number of urea groups is 1. The summed E-state index contributed by atoms with van der Waals surface area (Å²) in [6.07, 6.45) is 0.111. The van der Waals surface area contributed by atoms with E-state index in [1.807, 2.05) is 31.2 Å². The van der Waals surface area contributed by atoms with Crippen LogP contribution in [0.4, 0.5) is 10.5 Å². The first kappa shape index (κ1) is 12.4. The second-order valence-electron chi connectivity index (χ2n) is 4.06. The van der Waals surface area contributed by atoms with Gasteiger partial charge in [-0.25, -0.2) is 4.79 Å². The number of carbonyl (C=O) groups is 1. The molecule has 1 unspecified atom stereocenters. The van der Waals surface area contributed by atoms with Gasteiger partial charge in [0.15, 0.2) is 0 Å². The molecular weight excluding hydrogens is 284 g/mol. The van der Waals surface area contributed by atoms with E-state index in [1.165, 1.54) is 0 Å². The van der Waals surface area contributed by atoms with Crippen molar-refractivity contribution in [1.82, 2.24) is 4.90 Å². The Kier molecular flexibility index (Phi) is 4.02. The number of nitrogens with zero attached hydrogens (tertiary/aromatic N) is 1. The molecule has 1 aliphatic heterocycles. The molecule has 2 amide bonds. The molecule has 4 nitrogen and oxygen atoms in total. The molecule has 1 N–H and O–H groups in total. The van der Waals surface area contributed by atoms with Crippen molar-refractivity contribution in [2.45, 2.75) is 13.0 Å². The van der Waals surface area contributed by atoms with Gasteiger partial charge in [-0.1, -0.05) is 15.9 Å². The third-order valence-corrected chi connectivity index (χ3v) is 3.15. The van der Waals surface area contributed by atoms with Crippen molar-refractivity contribution in [2.24, 2.45) is 0 Å². The van der Waals surface area contributed by atoms with Gasteiger partial charge in [-0.15, -0.1) is 0 Å². The van der Waals surface area contributed by atoms with Gasteiger partial charge in [0.05, 0.1) is 12.7 Å². The number of morpholine rings is 1. The maximum absolute atomic E-state index is 11.9. The Balaban J connectivity index is 1.94. The van der Waals surface area contributed by atoms with E-state index in [2.05, 4.69) is 21.2 Å². The van der Waals surface area contributed by atoms with Gasteiger partial charge < -0.3 is 15.0 Å². The fourth-order valence-electron chi connectivity index (χ4n) is 1.74. The van der Waals surface area contributed by atoms with Gasteiger partial charge in [-0.2, -0.15) is 0 Å². The molecular formula is C12H15BrN2O2. The number of nitrogens with one attached hydrogen (secondary N) is 1. The zero-order chi connectivity index (χ0) is 12.3. The molecule has 1 aromatic rings. The summed E-state index contributed by atoms with van der Waals surface area (Å²) in [6.45, 7) is 3.86. The molecule has 0 radical (unpaired) electrons. The van der Waals surface area contributed by atoms with Gasteiger partial charge in [0.2, 0.25) is 0 Å². The Morgan fingerprint density at radius 2 is 2.18 bits per heavy atom. The highest BCUT2D eigenvalue weighted by molar-refractivity contribution is 9.10. The Labute approximate surface area is 109 Å². The van der Waals surface area contributed by atoms with Crippen LogP contribution in [0.2, 0.25) is 0 Å². The van der Waals surface area contributed by atoms with Crippen LogP contribution in [-0.2, 0) is 4.74 Å². The van der Waals surface area contributed by atoms with Crippen LogP contribution in [0.25, 0.3) is 0 Å². The smallest absolute Gasteiger partial charge is 0.322 e. The van der Waals surface area contributed by atoms with Crippen LogP contribution in [0, 0.1) is 0 Å². The van der Waals surface area contributed by atoms with Gasteiger partial charge in [-0.3, -0.25) is 0 Å². The summed E-state index contributed by atoms with van der Waals surface area (Å²) >= 11 is 3.36. The second kappa shape index (κ2) is 5.51. The van der Waals surface area contributed by atoms with Crippen LogP contribution in [0.1, 0.15) is 6.92 Å². The minimum Gasteiger partial charge on any atom is -0.375 e. The van der Waals surface area contributed by atoms with E-state index >= 15 is 0 Å². The normalized spacial score (nSPS) is 20.1. The van der Waals surface area contributed by atoms with Crippen molar-refractivity contribution in [2.75, 3.05) is 25.0 Å². The van der Waals surface area contributed by atoms with Gasteiger partial charge in [-0.05, 0) is 31.2 Å². The quantitative estimate of drug-likeness (QED) is 0.866. The van der Waals surface area contributed by atoms with E-state index < -0.39 is 0 Å². The first-order valence-corrected chi connectivity index (χ1v) is 6.37. The summed E-state index contributed by atoms with van der Waals surface area (Å²) in [4.78, 5) is 13.7. The van der Waals surface area contributed by atoms with Crippen LogP contribution in [0.15, 0.2) is 28.7 Å². The molecule has 1 aliphatic rings. The summed E-state index contributed by atoms with van der Waals surface area (Å²) in [6, 6.07) is 7.47. The SMILES string of the molecule is CC1CN(C(=O)Nc2ccc(Br)cc2)CCO1. The molecule has 1 saturated heterocycles. The largest absolute Gasteiger partial charge is 0.375 e. The third-order valence-electron chi connectivity index (χ3n) is 2.62. The molecule has 5 heteroatoms. The van der Waals surface area contributed by atoms with Crippen molar-refractivity contribution in [3.05, 3.63) is 28.7 Å².